The van der Waals surface area contributed by atoms with Crippen molar-refractivity contribution in [3.63, 3.8) is 0 Å². The Bertz CT molecular complexity index is 381. The van der Waals surface area contributed by atoms with E-state index in [4.69, 9.17) is 4.42 Å². The molecule has 0 bridgehead atoms. The molecule has 1 aliphatic rings. The van der Waals surface area contributed by atoms with Crippen LogP contribution in [0.15, 0.2) is 22.8 Å². The van der Waals surface area contributed by atoms with Gasteiger partial charge in [0, 0.05) is 6.54 Å². The van der Waals surface area contributed by atoms with Crippen molar-refractivity contribution in [3.05, 3.63) is 24.2 Å². The van der Waals surface area contributed by atoms with Crippen molar-refractivity contribution >= 4 is 6.03 Å². The predicted octanol–water partition coefficient (Wildman–Crippen LogP) is 2.16. The van der Waals surface area contributed by atoms with Crippen LogP contribution in [0.1, 0.15) is 44.3 Å². The van der Waals surface area contributed by atoms with Crippen LogP contribution in [0.4, 0.5) is 4.79 Å². The predicted molar refractivity (Wildman–Crippen MR) is 71.6 cm³/mol. The number of hydrogen-bond acceptors (Lipinski definition) is 3. The molecule has 106 valence electrons. The molecule has 1 saturated carbocycles. The molecule has 1 aromatic heterocycles. The van der Waals surface area contributed by atoms with Gasteiger partial charge in [0.1, 0.15) is 5.76 Å². The second kappa shape index (κ2) is 6.61. The monoisotopic (exact) mass is 266 g/mol. The van der Waals surface area contributed by atoms with Crippen molar-refractivity contribution in [1.82, 2.24) is 10.6 Å². The molecule has 5 heteroatoms. The normalized spacial score (nSPS) is 18.6. The van der Waals surface area contributed by atoms with E-state index in [1.54, 1.807) is 18.4 Å². The number of carbonyl (C=O) groups excluding carboxylic acids is 1. The van der Waals surface area contributed by atoms with Gasteiger partial charge in [-0.05, 0) is 25.0 Å². The lowest BCUT2D eigenvalue weighted by atomic mass is 9.95. The zero-order valence-corrected chi connectivity index (χ0v) is 11.2. The van der Waals surface area contributed by atoms with Gasteiger partial charge in [-0.3, -0.25) is 0 Å². The molecule has 2 rings (SSSR count). The Hall–Kier alpha value is -1.49. The molecular formula is C14H22N2O3. The molecule has 1 aromatic rings. The Morgan fingerprint density at radius 1 is 1.26 bits per heavy atom. The van der Waals surface area contributed by atoms with Gasteiger partial charge in [-0.15, -0.1) is 0 Å². The summed E-state index contributed by atoms with van der Waals surface area (Å²) in [5.74, 6) is 0.711. The first-order valence-electron chi connectivity index (χ1n) is 6.94. The first-order valence-corrected chi connectivity index (χ1v) is 6.94. The first kappa shape index (κ1) is 13.9. The van der Waals surface area contributed by atoms with E-state index in [-0.39, 0.29) is 6.03 Å². The van der Waals surface area contributed by atoms with E-state index in [1.807, 2.05) is 0 Å². The van der Waals surface area contributed by atoms with Gasteiger partial charge in [-0.25, -0.2) is 4.79 Å². The van der Waals surface area contributed by atoms with Crippen molar-refractivity contribution in [2.45, 2.75) is 50.7 Å². The SMILES string of the molecule is O=C(NCc1ccco1)NCC1(O)CCCCCC1. The Morgan fingerprint density at radius 3 is 2.63 bits per heavy atom. The largest absolute Gasteiger partial charge is 0.467 e. The molecule has 0 aromatic carbocycles. The van der Waals surface area contributed by atoms with E-state index in [0.29, 0.717) is 18.8 Å². The summed E-state index contributed by atoms with van der Waals surface area (Å²) in [5.41, 5.74) is -0.738. The van der Waals surface area contributed by atoms with Crippen LogP contribution < -0.4 is 10.6 Å². The van der Waals surface area contributed by atoms with Crippen molar-refractivity contribution < 1.29 is 14.3 Å². The van der Waals surface area contributed by atoms with Crippen molar-refractivity contribution in [1.29, 1.82) is 0 Å². The van der Waals surface area contributed by atoms with Crippen LogP contribution >= 0.6 is 0 Å². The maximum Gasteiger partial charge on any atom is 0.315 e. The first-order chi connectivity index (χ1) is 9.18. The number of nitrogens with one attached hydrogen (secondary N) is 2. The van der Waals surface area contributed by atoms with Crippen LogP contribution in [0.3, 0.4) is 0 Å². The lowest BCUT2D eigenvalue weighted by molar-refractivity contribution is 0.0276. The minimum absolute atomic E-state index is 0.269. The number of furan rings is 1. The maximum absolute atomic E-state index is 11.6. The fourth-order valence-electron chi connectivity index (χ4n) is 2.45. The summed E-state index contributed by atoms with van der Waals surface area (Å²) in [4.78, 5) is 11.6. The molecular weight excluding hydrogens is 244 g/mol. The molecule has 2 amide bonds. The number of hydrogen-bond donors (Lipinski definition) is 3. The van der Waals surface area contributed by atoms with Crippen LogP contribution in [-0.4, -0.2) is 23.3 Å². The fourth-order valence-corrected chi connectivity index (χ4v) is 2.45. The van der Waals surface area contributed by atoms with Gasteiger partial charge < -0.3 is 20.2 Å². The van der Waals surface area contributed by atoms with Crippen LogP contribution in [0.2, 0.25) is 0 Å². The Balaban J connectivity index is 1.70. The van der Waals surface area contributed by atoms with Gasteiger partial charge in [0.2, 0.25) is 0 Å². The summed E-state index contributed by atoms with van der Waals surface area (Å²) < 4.78 is 5.12. The molecule has 3 N–H and O–H groups in total. The average Bonchev–Trinajstić information content (AvgIpc) is 2.83. The second-order valence-corrected chi connectivity index (χ2v) is 5.25. The molecule has 0 radical (unpaired) electrons. The highest BCUT2D eigenvalue weighted by atomic mass is 16.3. The van der Waals surface area contributed by atoms with E-state index in [1.165, 1.54) is 12.8 Å². The zero-order valence-electron chi connectivity index (χ0n) is 11.2. The zero-order chi connectivity index (χ0) is 13.6. The van der Waals surface area contributed by atoms with Crippen LogP contribution in [0, 0.1) is 0 Å². The summed E-state index contributed by atoms with van der Waals surface area (Å²) in [6, 6.07) is 3.32. The number of rotatable bonds is 4. The standard InChI is InChI=1S/C14H22N2O3/c17-13(15-10-12-6-5-9-19-12)16-11-14(18)7-3-1-2-4-8-14/h5-6,9,18H,1-4,7-8,10-11H2,(H2,15,16,17). The molecule has 0 saturated heterocycles. The van der Waals surface area contributed by atoms with Gasteiger partial charge in [-0.2, -0.15) is 0 Å². The molecule has 0 aliphatic heterocycles. The third-order valence-electron chi connectivity index (χ3n) is 3.62. The minimum Gasteiger partial charge on any atom is -0.467 e. The maximum atomic E-state index is 11.6. The smallest absolute Gasteiger partial charge is 0.315 e. The molecule has 0 atom stereocenters. The van der Waals surface area contributed by atoms with E-state index in [0.717, 1.165) is 25.7 Å². The van der Waals surface area contributed by atoms with Gasteiger partial charge in [0.15, 0.2) is 0 Å². The van der Waals surface area contributed by atoms with E-state index in [2.05, 4.69) is 10.6 Å². The highest BCUT2D eigenvalue weighted by Crippen LogP contribution is 2.26. The van der Waals surface area contributed by atoms with E-state index in [9.17, 15) is 9.90 Å². The van der Waals surface area contributed by atoms with Crippen molar-refractivity contribution in [3.8, 4) is 0 Å². The third kappa shape index (κ3) is 4.59. The highest BCUT2D eigenvalue weighted by molar-refractivity contribution is 5.73. The quantitative estimate of drug-likeness (QED) is 0.731. The van der Waals surface area contributed by atoms with Gasteiger partial charge in [0.05, 0.1) is 18.4 Å². The van der Waals surface area contributed by atoms with E-state index < -0.39 is 5.60 Å². The number of carbonyl (C=O) groups is 1. The Labute approximate surface area is 113 Å². The number of urea groups is 1. The third-order valence-corrected chi connectivity index (χ3v) is 3.62. The highest BCUT2D eigenvalue weighted by Gasteiger charge is 2.28. The lowest BCUT2D eigenvalue weighted by Gasteiger charge is -2.26. The molecule has 5 nitrogen and oxygen atoms in total. The van der Waals surface area contributed by atoms with Crippen molar-refractivity contribution in [2.24, 2.45) is 0 Å². The van der Waals surface area contributed by atoms with Crippen LogP contribution in [-0.2, 0) is 6.54 Å². The van der Waals surface area contributed by atoms with Crippen LogP contribution in [0.25, 0.3) is 0 Å². The molecule has 1 heterocycles. The number of amides is 2. The fraction of sp³-hybridized carbons (Fsp3) is 0.643. The molecule has 1 fully saturated rings. The molecule has 1 aliphatic carbocycles. The summed E-state index contributed by atoms with van der Waals surface area (Å²) in [6.07, 6.45) is 7.53. The summed E-state index contributed by atoms with van der Waals surface area (Å²) in [5, 5.41) is 15.8. The average molecular weight is 266 g/mol. The topological polar surface area (TPSA) is 74.5 Å². The summed E-state index contributed by atoms with van der Waals surface area (Å²) in [6.45, 7) is 0.675. The Kier molecular flexibility index (Phi) is 4.85. The molecule has 0 unspecified atom stereocenters. The number of aliphatic hydroxyl groups is 1. The summed E-state index contributed by atoms with van der Waals surface area (Å²) in [7, 11) is 0. The molecule has 0 spiro atoms. The summed E-state index contributed by atoms with van der Waals surface area (Å²) >= 11 is 0. The minimum atomic E-state index is -0.738. The second-order valence-electron chi connectivity index (χ2n) is 5.25. The van der Waals surface area contributed by atoms with E-state index >= 15 is 0 Å². The molecule has 19 heavy (non-hydrogen) atoms. The lowest BCUT2D eigenvalue weighted by Crippen LogP contribution is -2.46. The Morgan fingerprint density at radius 2 is 2.00 bits per heavy atom. The van der Waals surface area contributed by atoms with Gasteiger partial charge in [0.25, 0.3) is 0 Å². The van der Waals surface area contributed by atoms with Gasteiger partial charge >= 0.3 is 6.03 Å². The van der Waals surface area contributed by atoms with Crippen LogP contribution in [0.5, 0.6) is 0 Å². The van der Waals surface area contributed by atoms with Gasteiger partial charge in [-0.1, -0.05) is 25.7 Å². The van der Waals surface area contributed by atoms with Crippen molar-refractivity contribution in [2.75, 3.05) is 6.54 Å².